The van der Waals surface area contributed by atoms with Gasteiger partial charge in [0.1, 0.15) is 0 Å². The van der Waals surface area contributed by atoms with Crippen LogP contribution in [0.5, 0.6) is 0 Å². The first kappa shape index (κ1) is 15.4. The van der Waals surface area contributed by atoms with Gasteiger partial charge in [0.05, 0.1) is 4.90 Å². The van der Waals surface area contributed by atoms with E-state index in [2.05, 4.69) is 10.0 Å². The molecule has 0 spiro atoms. The Morgan fingerprint density at radius 2 is 2.19 bits per heavy atom. The minimum absolute atomic E-state index is 0.391. The third kappa shape index (κ3) is 4.50. The fourth-order valence-electron chi connectivity index (χ4n) is 2.42. The van der Waals surface area contributed by atoms with Crippen LogP contribution in [-0.2, 0) is 21.3 Å². The van der Waals surface area contributed by atoms with Gasteiger partial charge in [0.25, 0.3) is 0 Å². The lowest BCUT2D eigenvalue weighted by Gasteiger charge is -2.08. The van der Waals surface area contributed by atoms with Gasteiger partial charge in [-0.1, -0.05) is 0 Å². The van der Waals surface area contributed by atoms with E-state index in [1.54, 1.807) is 11.4 Å². The Hall–Kier alpha value is -0.470. The molecule has 0 aromatic carbocycles. The molecule has 1 atom stereocenters. The highest BCUT2D eigenvalue weighted by Crippen LogP contribution is 2.23. The van der Waals surface area contributed by atoms with Crippen molar-refractivity contribution < 1.29 is 13.2 Å². The van der Waals surface area contributed by atoms with Gasteiger partial charge in [-0.15, -0.1) is 11.3 Å². The molecule has 1 aliphatic heterocycles. The quantitative estimate of drug-likeness (QED) is 0.761. The minimum atomic E-state index is -3.36. The molecular formula is C14H22N2O3S2. The molecule has 2 N–H and O–H groups in total. The third-order valence-electron chi connectivity index (χ3n) is 3.95. The first-order chi connectivity index (χ1) is 10.1. The number of hydrogen-bond donors (Lipinski definition) is 2. The van der Waals surface area contributed by atoms with Crippen molar-refractivity contribution in [2.24, 2.45) is 5.92 Å². The fourth-order valence-corrected chi connectivity index (χ4v) is 4.69. The van der Waals surface area contributed by atoms with Gasteiger partial charge in [-0.05, 0) is 37.7 Å². The van der Waals surface area contributed by atoms with Gasteiger partial charge in [0, 0.05) is 42.6 Å². The van der Waals surface area contributed by atoms with E-state index in [9.17, 15) is 8.42 Å². The molecule has 2 fully saturated rings. The zero-order valence-corrected chi connectivity index (χ0v) is 13.6. The number of thiophene rings is 1. The standard InChI is InChI=1S/C14H22N2O3S2/c17-21(18,16-5-3-11-4-6-19-9-11)14-7-13(20-10-14)8-15-12-1-2-12/h7,10-12,15-16H,1-6,8-9H2. The lowest BCUT2D eigenvalue weighted by Crippen LogP contribution is -2.26. The minimum Gasteiger partial charge on any atom is -0.381 e. The van der Waals surface area contributed by atoms with Gasteiger partial charge < -0.3 is 10.1 Å². The SMILES string of the molecule is O=S(=O)(NCCC1CCOC1)c1csc(CNC2CC2)c1. The molecule has 1 aromatic heterocycles. The monoisotopic (exact) mass is 330 g/mol. The molecule has 1 aromatic rings. The first-order valence-corrected chi connectivity index (χ1v) is 9.88. The second kappa shape index (κ2) is 6.75. The van der Waals surface area contributed by atoms with Crippen molar-refractivity contribution in [3.63, 3.8) is 0 Å². The molecule has 5 nitrogen and oxygen atoms in total. The van der Waals surface area contributed by atoms with E-state index in [0.29, 0.717) is 23.4 Å². The van der Waals surface area contributed by atoms with Crippen LogP contribution in [0.25, 0.3) is 0 Å². The molecule has 3 rings (SSSR count). The molecule has 2 aliphatic rings. The summed E-state index contributed by atoms with van der Waals surface area (Å²) < 4.78 is 32.4. The van der Waals surface area contributed by atoms with Gasteiger partial charge in [-0.2, -0.15) is 0 Å². The number of sulfonamides is 1. The van der Waals surface area contributed by atoms with E-state index in [1.807, 2.05) is 0 Å². The molecule has 0 amide bonds. The number of ether oxygens (including phenoxy) is 1. The summed E-state index contributed by atoms with van der Waals surface area (Å²) in [6, 6.07) is 2.42. The van der Waals surface area contributed by atoms with Crippen molar-refractivity contribution in [3.05, 3.63) is 16.3 Å². The van der Waals surface area contributed by atoms with Crippen LogP contribution < -0.4 is 10.0 Å². The number of rotatable bonds is 8. The lowest BCUT2D eigenvalue weighted by molar-refractivity contribution is 0.184. The van der Waals surface area contributed by atoms with E-state index in [-0.39, 0.29) is 0 Å². The topological polar surface area (TPSA) is 67.4 Å². The second-order valence-corrected chi connectivity index (χ2v) is 8.58. The van der Waals surface area contributed by atoms with Crippen LogP contribution in [0.1, 0.15) is 30.6 Å². The maximum absolute atomic E-state index is 12.2. The Bertz CT molecular complexity index is 561. The van der Waals surface area contributed by atoms with Crippen LogP contribution in [-0.4, -0.2) is 34.2 Å². The molecule has 21 heavy (non-hydrogen) atoms. The lowest BCUT2D eigenvalue weighted by atomic mass is 10.1. The Balaban J connectivity index is 1.48. The Morgan fingerprint density at radius 1 is 1.33 bits per heavy atom. The molecule has 0 radical (unpaired) electrons. The molecule has 1 aliphatic carbocycles. The van der Waals surface area contributed by atoms with Crippen molar-refractivity contribution in [2.45, 2.75) is 43.2 Å². The van der Waals surface area contributed by atoms with Gasteiger partial charge in [0.2, 0.25) is 10.0 Å². The van der Waals surface area contributed by atoms with Gasteiger partial charge in [-0.25, -0.2) is 13.1 Å². The summed E-state index contributed by atoms with van der Waals surface area (Å²) in [5, 5.41) is 5.13. The van der Waals surface area contributed by atoms with Crippen molar-refractivity contribution in [3.8, 4) is 0 Å². The van der Waals surface area contributed by atoms with Gasteiger partial charge >= 0.3 is 0 Å². The highest BCUT2D eigenvalue weighted by atomic mass is 32.2. The molecule has 118 valence electrons. The predicted molar refractivity (Wildman–Crippen MR) is 82.9 cm³/mol. The van der Waals surface area contributed by atoms with Crippen LogP contribution in [0.3, 0.4) is 0 Å². The van der Waals surface area contributed by atoms with Crippen LogP contribution >= 0.6 is 11.3 Å². The van der Waals surface area contributed by atoms with Crippen LogP contribution in [0, 0.1) is 5.92 Å². The smallest absolute Gasteiger partial charge is 0.241 e. The molecule has 1 saturated heterocycles. The molecule has 1 unspecified atom stereocenters. The predicted octanol–water partition coefficient (Wildman–Crippen LogP) is 1.70. The molecular weight excluding hydrogens is 308 g/mol. The molecule has 0 bridgehead atoms. The van der Waals surface area contributed by atoms with E-state index in [0.717, 1.165) is 37.5 Å². The van der Waals surface area contributed by atoms with Crippen molar-refractivity contribution >= 4 is 21.4 Å². The fraction of sp³-hybridized carbons (Fsp3) is 0.714. The maximum Gasteiger partial charge on any atom is 0.241 e. The largest absolute Gasteiger partial charge is 0.381 e. The third-order valence-corrected chi connectivity index (χ3v) is 6.48. The zero-order valence-electron chi connectivity index (χ0n) is 12.0. The van der Waals surface area contributed by atoms with Crippen molar-refractivity contribution in [2.75, 3.05) is 19.8 Å². The summed E-state index contributed by atoms with van der Waals surface area (Å²) >= 11 is 1.50. The average molecular weight is 330 g/mol. The summed E-state index contributed by atoms with van der Waals surface area (Å²) in [5.41, 5.74) is 0. The van der Waals surface area contributed by atoms with Crippen LogP contribution in [0.15, 0.2) is 16.3 Å². The highest BCUT2D eigenvalue weighted by molar-refractivity contribution is 7.89. The Labute approximate surface area is 130 Å². The number of nitrogens with one attached hydrogen (secondary N) is 2. The Morgan fingerprint density at radius 3 is 2.90 bits per heavy atom. The summed E-state index contributed by atoms with van der Waals surface area (Å²) in [7, 11) is -3.36. The van der Waals surface area contributed by atoms with Crippen molar-refractivity contribution in [1.82, 2.24) is 10.0 Å². The molecule has 2 heterocycles. The van der Waals surface area contributed by atoms with Crippen LogP contribution in [0.4, 0.5) is 0 Å². The highest BCUT2D eigenvalue weighted by Gasteiger charge is 2.22. The Kier molecular flexibility index (Phi) is 4.96. The summed E-state index contributed by atoms with van der Waals surface area (Å²) in [6.07, 6.45) is 4.36. The summed E-state index contributed by atoms with van der Waals surface area (Å²) in [5.74, 6) is 0.494. The van der Waals surface area contributed by atoms with E-state index >= 15 is 0 Å². The number of hydrogen-bond acceptors (Lipinski definition) is 5. The normalized spacial score (nSPS) is 22.8. The van der Waals surface area contributed by atoms with E-state index < -0.39 is 10.0 Å². The maximum atomic E-state index is 12.2. The first-order valence-electron chi connectivity index (χ1n) is 7.52. The molecule has 7 heteroatoms. The summed E-state index contributed by atoms with van der Waals surface area (Å²) in [4.78, 5) is 1.47. The zero-order chi connectivity index (χ0) is 14.7. The molecule has 1 saturated carbocycles. The van der Waals surface area contributed by atoms with E-state index in [4.69, 9.17) is 4.74 Å². The van der Waals surface area contributed by atoms with E-state index in [1.165, 1.54) is 24.2 Å². The second-order valence-electron chi connectivity index (χ2n) is 5.82. The van der Waals surface area contributed by atoms with Gasteiger partial charge in [0.15, 0.2) is 0 Å². The van der Waals surface area contributed by atoms with Gasteiger partial charge in [-0.3, -0.25) is 0 Å². The van der Waals surface area contributed by atoms with Crippen molar-refractivity contribution in [1.29, 1.82) is 0 Å². The van der Waals surface area contributed by atoms with Crippen LogP contribution in [0.2, 0.25) is 0 Å². The average Bonchev–Trinajstić information content (AvgIpc) is 2.93. The summed E-state index contributed by atoms with van der Waals surface area (Å²) in [6.45, 7) is 2.82.